The maximum absolute atomic E-state index is 13.0. The molecule has 0 radical (unpaired) electrons. The zero-order valence-electron chi connectivity index (χ0n) is 17.0. The van der Waals surface area contributed by atoms with Crippen molar-refractivity contribution in [1.82, 2.24) is 20.0 Å². The molecule has 6 nitrogen and oxygen atoms in total. The molecule has 3 aromatic heterocycles. The molecule has 0 aliphatic carbocycles. The van der Waals surface area contributed by atoms with Crippen LogP contribution in [0.25, 0.3) is 16.7 Å². The van der Waals surface area contributed by atoms with Crippen LogP contribution in [0.1, 0.15) is 21.6 Å². The molecule has 0 fully saturated rings. The Morgan fingerprint density at radius 2 is 1.46 bits per heavy atom. The van der Waals surface area contributed by atoms with Gasteiger partial charge in [0.2, 0.25) is 0 Å². The first-order chi connectivity index (χ1) is 16.4. The lowest BCUT2D eigenvalue weighted by Gasteiger charge is -2.15. The maximum atomic E-state index is 13.0. The number of hydrazine groups is 1. The van der Waals surface area contributed by atoms with E-state index in [1.807, 2.05) is 0 Å². The highest BCUT2D eigenvalue weighted by Gasteiger charge is 2.33. The number of carbonyl (C=O) groups excluding carboxylic acids is 1. The van der Waals surface area contributed by atoms with Gasteiger partial charge in [-0.2, -0.15) is 26.3 Å². The highest BCUT2D eigenvalue weighted by Crippen LogP contribution is 2.34. The molecular formula is C21H11Cl2F6N5O. The lowest BCUT2D eigenvalue weighted by atomic mass is 10.2. The Hall–Kier alpha value is -3.51. The molecule has 14 heteroatoms. The van der Waals surface area contributed by atoms with Gasteiger partial charge in [0.05, 0.1) is 26.7 Å². The Balaban J connectivity index is 1.69. The van der Waals surface area contributed by atoms with Gasteiger partial charge in [-0.1, -0.05) is 41.4 Å². The van der Waals surface area contributed by atoms with Crippen molar-refractivity contribution in [2.24, 2.45) is 0 Å². The summed E-state index contributed by atoms with van der Waals surface area (Å²) in [5.74, 6) is -1.23. The second-order valence-electron chi connectivity index (χ2n) is 7.08. The zero-order valence-corrected chi connectivity index (χ0v) is 18.5. The van der Waals surface area contributed by atoms with Crippen molar-refractivity contribution in [2.45, 2.75) is 12.4 Å². The average Bonchev–Trinajstić information content (AvgIpc) is 3.16. The quantitative estimate of drug-likeness (QED) is 0.231. The Bertz CT molecular complexity index is 1430. The van der Waals surface area contributed by atoms with Crippen molar-refractivity contribution < 1.29 is 31.1 Å². The van der Waals surface area contributed by atoms with Crippen LogP contribution in [-0.4, -0.2) is 20.4 Å². The number of carbonyl (C=O) groups is 1. The Morgan fingerprint density at radius 1 is 0.857 bits per heavy atom. The molecule has 35 heavy (non-hydrogen) atoms. The predicted molar refractivity (Wildman–Crippen MR) is 116 cm³/mol. The standard InChI is InChI=1S/C21H11Cl2F6N5O/c22-13-6-11(20(24,25)26)8-30-17(13)32-33-19(35)16-5-10-3-1-2-4-15(10)34(16)18-14(23)7-12(9-31-18)21(27,28)29/h1-9H,(H,30,32)(H,33,35). The second kappa shape index (κ2) is 8.93. The van der Waals surface area contributed by atoms with Crippen LogP contribution < -0.4 is 10.9 Å². The molecule has 0 bridgehead atoms. The summed E-state index contributed by atoms with van der Waals surface area (Å²) in [5, 5.41) is -0.232. The number of anilines is 1. The van der Waals surface area contributed by atoms with E-state index in [0.717, 1.165) is 0 Å². The number of alkyl halides is 6. The Morgan fingerprint density at radius 3 is 2.06 bits per heavy atom. The number of hydrogen-bond donors (Lipinski definition) is 2. The fraction of sp³-hybridized carbons (Fsp3) is 0.0952. The number of nitrogens with zero attached hydrogens (tertiary/aromatic N) is 3. The number of halogens is 8. The Kier molecular flexibility index (Phi) is 6.28. The van der Waals surface area contributed by atoms with Gasteiger partial charge in [0, 0.05) is 17.8 Å². The van der Waals surface area contributed by atoms with Crippen LogP contribution in [0.5, 0.6) is 0 Å². The number of rotatable bonds is 4. The molecular weight excluding hydrogens is 523 g/mol. The predicted octanol–water partition coefficient (Wildman–Crippen LogP) is 6.52. The lowest BCUT2D eigenvalue weighted by Crippen LogP contribution is -2.31. The first-order valence-electron chi connectivity index (χ1n) is 9.49. The first-order valence-corrected chi connectivity index (χ1v) is 10.2. The van der Waals surface area contributed by atoms with Gasteiger partial charge < -0.3 is 0 Å². The molecule has 3 heterocycles. The third kappa shape index (κ3) is 4.98. The van der Waals surface area contributed by atoms with Gasteiger partial charge in [-0.15, -0.1) is 0 Å². The normalized spacial score (nSPS) is 12.1. The monoisotopic (exact) mass is 533 g/mol. The van der Waals surface area contributed by atoms with E-state index in [4.69, 9.17) is 23.2 Å². The van der Waals surface area contributed by atoms with E-state index >= 15 is 0 Å². The zero-order chi connectivity index (χ0) is 25.5. The number of fused-ring (bicyclic) bond motifs is 1. The molecule has 4 aromatic rings. The van der Waals surface area contributed by atoms with Crippen LogP contribution in [0.2, 0.25) is 10.0 Å². The minimum Gasteiger partial charge on any atom is -0.288 e. The van der Waals surface area contributed by atoms with Crippen LogP contribution in [0.4, 0.5) is 32.2 Å². The average molecular weight is 534 g/mol. The Labute approximate surface area is 202 Å². The molecule has 1 amide bonds. The van der Waals surface area contributed by atoms with Crippen molar-refractivity contribution >= 4 is 45.8 Å². The number of benzene rings is 1. The van der Waals surface area contributed by atoms with Gasteiger partial charge in [-0.25, -0.2) is 9.97 Å². The summed E-state index contributed by atoms with van der Waals surface area (Å²) in [7, 11) is 0. The van der Waals surface area contributed by atoms with Crippen molar-refractivity contribution in [1.29, 1.82) is 0 Å². The molecule has 0 aliphatic rings. The van der Waals surface area contributed by atoms with Crippen LogP contribution in [-0.2, 0) is 12.4 Å². The summed E-state index contributed by atoms with van der Waals surface area (Å²) in [6, 6.07) is 9.33. The minimum absolute atomic E-state index is 0.0871. The van der Waals surface area contributed by atoms with Crippen molar-refractivity contribution in [3.05, 3.63) is 81.7 Å². The first kappa shape index (κ1) is 24.6. The minimum atomic E-state index is -4.67. The summed E-state index contributed by atoms with van der Waals surface area (Å²) >= 11 is 11.9. The van der Waals surface area contributed by atoms with Gasteiger partial charge in [-0.05, 0) is 24.3 Å². The molecule has 0 saturated heterocycles. The molecule has 0 spiro atoms. The van der Waals surface area contributed by atoms with E-state index in [1.54, 1.807) is 24.3 Å². The molecule has 0 unspecified atom stereocenters. The van der Waals surface area contributed by atoms with Crippen molar-refractivity contribution in [3.8, 4) is 5.82 Å². The molecule has 4 rings (SSSR count). The van der Waals surface area contributed by atoms with Gasteiger partial charge >= 0.3 is 12.4 Å². The number of aromatic nitrogens is 3. The largest absolute Gasteiger partial charge is 0.417 e. The van der Waals surface area contributed by atoms with Gasteiger partial charge in [0.1, 0.15) is 5.69 Å². The van der Waals surface area contributed by atoms with Gasteiger partial charge in [0.15, 0.2) is 11.6 Å². The molecule has 2 N–H and O–H groups in total. The van der Waals surface area contributed by atoms with E-state index < -0.39 is 34.4 Å². The highest BCUT2D eigenvalue weighted by molar-refractivity contribution is 6.33. The molecule has 0 atom stereocenters. The molecule has 1 aromatic carbocycles. The van der Waals surface area contributed by atoms with Gasteiger partial charge in [-0.3, -0.25) is 20.2 Å². The molecule has 0 saturated carbocycles. The molecule has 0 aliphatic heterocycles. The van der Waals surface area contributed by atoms with Crippen LogP contribution >= 0.6 is 23.2 Å². The molecule has 182 valence electrons. The van der Waals surface area contributed by atoms with E-state index in [1.165, 1.54) is 10.6 Å². The number of nitrogens with one attached hydrogen (secondary N) is 2. The number of amides is 1. The number of pyridine rings is 2. The van der Waals surface area contributed by atoms with E-state index in [0.29, 0.717) is 35.4 Å². The van der Waals surface area contributed by atoms with Crippen molar-refractivity contribution in [2.75, 3.05) is 5.43 Å². The number of hydrogen-bond acceptors (Lipinski definition) is 4. The topological polar surface area (TPSA) is 71.8 Å². The van der Waals surface area contributed by atoms with Crippen molar-refractivity contribution in [3.63, 3.8) is 0 Å². The third-order valence-electron chi connectivity index (χ3n) is 4.77. The summed E-state index contributed by atoms with van der Waals surface area (Å²) in [6.07, 6.45) is -8.22. The fourth-order valence-corrected chi connectivity index (χ4v) is 3.63. The summed E-state index contributed by atoms with van der Waals surface area (Å²) in [6.45, 7) is 0. The fourth-order valence-electron chi connectivity index (χ4n) is 3.17. The van der Waals surface area contributed by atoms with E-state index in [9.17, 15) is 31.1 Å². The smallest absolute Gasteiger partial charge is 0.288 e. The maximum Gasteiger partial charge on any atom is 0.417 e. The highest BCUT2D eigenvalue weighted by atomic mass is 35.5. The van der Waals surface area contributed by atoms with Gasteiger partial charge in [0.25, 0.3) is 5.91 Å². The third-order valence-corrected chi connectivity index (χ3v) is 5.33. The van der Waals surface area contributed by atoms with E-state index in [2.05, 4.69) is 20.8 Å². The lowest BCUT2D eigenvalue weighted by molar-refractivity contribution is -0.138. The summed E-state index contributed by atoms with van der Waals surface area (Å²) in [4.78, 5) is 20.3. The summed E-state index contributed by atoms with van der Waals surface area (Å²) < 4.78 is 78.7. The van der Waals surface area contributed by atoms with Crippen LogP contribution in [0, 0.1) is 0 Å². The number of para-hydroxylation sites is 1. The van der Waals surface area contributed by atoms with Crippen LogP contribution in [0.15, 0.2) is 54.9 Å². The van der Waals surface area contributed by atoms with E-state index in [-0.39, 0.29) is 22.4 Å². The van der Waals surface area contributed by atoms with Crippen LogP contribution in [0.3, 0.4) is 0 Å². The summed E-state index contributed by atoms with van der Waals surface area (Å²) in [5.41, 5.74) is 2.76. The SMILES string of the molecule is O=C(NNc1ncc(C(F)(F)F)cc1Cl)c1cc2ccccc2n1-c1ncc(C(F)(F)F)cc1Cl. The second-order valence-corrected chi connectivity index (χ2v) is 7.90.